The zero-order valence-electron chi connectivity index (χ0n) is 10.5. The topological polar surface area (TPSA) is 26.0 Å². The van der Waals surface area contributed by atoms with Gasteiger partial charge < -0.3 is 5.73 Å². The molecule has 0 aliphatic heterocycles. The zero-order chi connectivity index (χ0) is 11.6. The van der Waals surface area contributed by atoms with E-state index in [0.29, 0.717) is 5.41 Å². The van der Waals surface area contributed by atoms with Gasteiger partial charge in [-0.15, -0.1) is 0 Å². The summed E-state index contributed by atoms with van der Waals surface area (Å²) in [5, 5.41) is 0. The standard InChI is InChI=1S/C15H23N/c1-14(2,13-7-4-3-5-8-13)15(11-12-16)9-6-10-15/h3-5,7-8H,6,9-12,16H2,1-2H3. The first-order valence-corrected chi connectivity index (χ1v) is 6.38. The maximum Gasteiger partial charge on any atom is -0.00467 e. The number of nitrogens with two attached hydrogens (primary N) is 1. The minimum Gasteiger partial charge on any atom is -0.330 e. The van der Waals surface area contributed by atoms with Crippen LogP contribution in [0.2, 0.25) is 0 Å². The van der Waals surface area contributed by atoms with Crippen molar-refractivity contribution in [2.75, 3.05) is 6.54 Å². The predicted octanol–water partition coefficient (Wildman–Crippen LogP) is 3.48. The summed E-state index contributed by atoms with van der Waals surface area (Å²) in [7, 11) is 0. The smallest absolute Gasteiger partial charge is 0.00467 e. The van der Waals surface area contributed by atoms with Crippen molar-refractivity contribution in [3.63, 3.8) is 0 Å². The Kier molecular flexibility index (Phi) is 3.07. The molecule has 0 spiro atoms. The van der Waals surface area contributed by atoms with Crippen LogP contribution < -0.4 is 5.73 Å². The van der Waals surface area contributed by atoms with Crippen LogP contribution in [-0.4, -0.2) is 6.54 Å². The molecule has 0 saturated heterocycles. The van der Waals surface area contributed by atoms with E-state index in [2.05, 4.69) is 44.2 Å². The highest BCUT2D eigenvalue weighted by Gasteiger charge is 2.48. The number of rotatable bonds is 4. The average Bonchev–Trinajstić information content (AvgIpc) is 2.24. The predicted molar refractivity (Wildman–Crippen MR) is 69.4 cm³/mol. The van der Waals surface area contributed by atoms with Crippen LogP contribution in [0.4, 0.5) is 0 Å². The maximum atomic E-state index is 5.80. The summed E-state index contributed by atoms with van der Waals surface area (Å²) in [6.07, 6.45) is 5.21. The van der Waals surface area contributed by atoms with Gasteiger partial charge >= 0.3 is 0 Å². The third-order valence-electron chi connectivity index (χ3n) is 4.75. The Morgan fingerprint density at radius 3 is 2.25 bits per heavy atom. The largest absolute Gasteiger partial charge is 0.330 e. The van der Waals surface area contributed by atoms with Gasteiger partial charge in [-0.3, -0.25) is 0 Å². The third kappa shape index (κ3) is 1.67. The molecule has 2 rings (SSSR count). The maximum absolute atomic E-state index is 5.80. The van der Waals surface area contributed by atoms with E-state index in [0.717, 1.165) is 13.0 Å². The van der Waals surface area contributed by atoms with E-state index >= 15 is 0 Å². The van der Waals surface area contributed by atoms with Crippen LogP contribution in [0.1, 0.15) is 45.1 Å². The van der Waals surface area contributed by atoms with Gasteiger partial charge in [0.05, 0.1) is 0 Å². The molecule has 0 heterocycles. The van der Waals surface area contributed by atoms with E-state index in [-0.39, 0.29) is 5.41 Å². The molecule has 2 N–H and O–H groups in total. The SMILES string of the molecule is CC(C)(c1ccccc1)C1(CCN)CCC1. The van der Waals surface area contributed by atoms with Crippen molar-refractivity contribution < 1.29 is 0 Å². The first-order chi connectivity index (χ1) is 7.62. The van der Waals surface area contributed by atoms with Gasteiger partial charge in [-0.05, 0) is 42.2 Å². The summed E-state index contributed by atoms with van der Waals surface area (Å²) in [4.78, 5) is 0. The number of hydrogen-bond acceptors (Lipinski definition) is 1. The van der Waals surface area contributed by atoms with Crippen LogP contribution in [0, 0.1) is 5.41 Å². The summed E-state index contributed by atoms with van der Waals surface area (Å²) in [6, 6.07) is 10.9. The van der Waals surface area contributed by atoms with E-state index in [9.17, 15) is 0 Å². The van der Waals surface area contributed by atoms with Crippen molar-refractivity contribution in [2.24, 2.45) is 11.1 Å². The van der Waals surface area contributed by atoms with Crippen molar-refractivity contribution in [1.29, 1.82) is 0 Å². The lowest BCUT2D eigenvalue weighted by Crippen LogP contribution is -2.47. The van der Waals surface area contributed by atoms with Gasteiger partial charge in [-0.1, -0.05) is 50.6 Å². The first-order valence-electron chi connectivity index (χ1n) is 6.38. The molecule has 0 radical (unpaired) electrons. The quantitative estimate of drug-likeness (QED) is 0.821. The normalized spacial score (nSPS) is 19.2. The second kappa shape index (κ2) is 4.21. The second-order valence-electron chi connectivity index (χ2n) is 5.66. The van der Waals surface area contributed by atoms with Crippen molar-refractivity contribution in [3.8, 4) is 0 Å². The fourth-order valence-corrected chi connectivity index (χ4v) is 3.23. The summed E-state index contributed by atoms with van der Waals surface area (Å²) in [5.74, 6) is 0. The van der Waals surface area contributed by atoms with Crippen LogP contribution >= 0.6 is 0 Å². The Morgan fingerprint density at radius 2 is 1.81 bits per heavy atom. The van der Waals surface area contributed by atoms with Crippen molar-refractivity contribution in [1.82, 2.24) is 0 Å². The Morgan fingerprint density at radius 1 is 1.19 bits per heavy atom. The van der Waals surface area contributed by atoms with E-state index in [1.54, 1.807) is 0 Å². The average molecular weight is 217 g/mol. The van der Waals surface area contributed by atoms with Gasteiger partial charge in [0.15, 0.2) is 0 Å². The van der Waals surface area contributed by atoms with E-state index in [1.165, 1.54) is 24.8 Å². The summed E-state index contributed by atoms with van der Waals surface area (Å²) < 4.78 is 0. The van der Waals surface area contributed by atoms with Gasteiger partial charge in [0.1, 0.15) is 0 Å². The third-order valence-corrected chi connectivity index (χ3v) is 4.75. The summed E-state index contributed by atoms with van der Waals surface area (Å²) in [6.45, 7) is 5.59. The highest BCUT2D eigenvalue weighted by molar-refractivity contribution is 5.28. The van der Waals surface area contributed by atoms with Gasteiger partial charge in [0, 0.05) is 0 Å². The molecule has 1 saturated carbocycles. The van der Waals surface area contributed by atoms with Gasteiger partial charge in [-0.25, -0.2) is 0 Å². The molecule has 1 aromatic carbocycles. The molecule has 0 unspecified atom stereocenters. The molecule has 1 aromatic rings. The van der Waals surface area contributed by atoms with Gasteiger partial charge in [0.25, 0.3) is 0 Å². The molecule has 1 aliphatic carbocycles. The molecule has 1 aliphatic rings. The van der Waals surface area contributed by atoms with Gasteiger partial charge in [-0.2, -0.15) is 0 Å². The molecule has 1 nitrogen and oxygen atoms in total. The minimum absolute atomic E-state index is 0.256. The molecule has 0 amide bonds. The lowest BCUT2D eigenvalue weighted by molar-refractivity contribution is 0.0314. The van der Waals surface area contributed by atoms with Crippen molar-refractivity contribution >= 4 is 0 Å². The van der Waals surface area contributed by atoms with Crippen LogP contribution in [0.25, 0.3) is 0 Å². The monoisotopic (exact) mass is 217 g/mol. The minimum atomic E-state index is 0.256. The second-order valence-corrected chi connectivity index (χ2v) is 5.66. The van der Waals surface area contributed by atoms with E-state index in [4.69, 9.17) is 5.73 Å². The highest BCUT2D eigenvalue weighted by Crippen LogP contribution is 2.56. The first kappa shape index (κ1) is 11.7. The molecule has 0 atom stereocenters. The van der Waals surface area contributed by atoms with Gasteiger partial charge in [0.2, 0.25) is 0 Å². The number of benzene rings is 1. The molecule has 16 heavy (non-hydrogen) atoms. The molecular formula is C15H23N. The molecular weight excluding hydrogens is 194 g/mol. The Hall–Kier alpha value is -0.820. The van der Waals surface area contributed by atoms with E-state index < -0.39 is 0 Å². The Labute approximate surface area is 99.0 Å². The highest BCUT2D eigenvalue weighted by atomic mass is 14.6. The lowest BCUT2D eigenvalue weighted by atomic mass is 9.51. The van der Waals surface area contributed by atoms with Crippen LogP contribution in [-0.2, 0) is 5.41 Å². The molecule has 1 heteroatoms. The van der Waals surface area contributed by atoms with Crippen LogP contribution in [0.3, 0.4) is 0 Å². The van der Waals surface area contributed by atoms with Crippen LogP contribution in [0.5, 0.6) is 0 Å². The summed E-state index contributed by atoms with van der Waals surface area (Å²) >= 11 is 0. The van der Waals surface area contributed by atoms with E-state index in [1.807, 2.05) is 0 Å². The molecule has 1 fully saturated rings. The lowest BCUT2D eigenvalue weighted by Gasteiger charge is -2.54. The molecule has 0 bridgehead atoms. The molecule has 88 valence electrons. The van der Waals surface area contributed by atoms with Crippen molar-refractivity contribution in [3.05, 3.63) is 35.9 Å². The molecule has 0 aromatic heterocycles. The van der Waals surface area contributed by atoms with Crippen molar-refractivity contribution in [2.45, 2.75) is 44.9 Å². The Bertz CT molecular complexity index is 336. The fraction of sp³-hybridized carbons (Fsp3) is 0.600. The summed E-state index contributed by atoms with van der Waals surface area (Å²) in [5.41, 5.74) is 7.96. The number of hydrogen-bond donors (Lipinski definition) is 1. The Balaban J connectivity index is 2.30. The zero-order valence-corrected chi connectivity index (χ0v) is 10.5. The van der Waals surface area contributed by atoms with Crippen LogP contribution in [0.15, 0.2) is 30.3 Å². The fourth-order valence-electron chi connectivity index (χ4n) is 3.23.